The molecule has 162 valence electrons. The summed E-state index contributed by atoms with van der Waals surface area (Å²) >= 11 is 0. The van der Waals surface area contributed by atoms with Crippen LogP contribution in [0.3, 0.4) is 0 Å². The molecular formula is C25H30N4O2. The van der Waals surface area contributed by atoms with Gasteiger partial charge in [-0.3, -0.25) is 9.69 Å². The molecular weight excluding hydrogens is 388 g/mol. The van der Waals surface area contributed by atoms with E-state index >= 15 is 0 Å². The summed E-state index contributed by atoms with van der Waals surface area (Å²) < 4.78 is 7.41. The lowest BCUT2D eigenvalue weighted by Crippen LogP contribution is -2.35. The second kappa shape index (κ2) is 9.35. The number of piperidine rings is 1. The number of hydrogen-bond acceptors (Lipinski definition) is 4. The summed E-state index contributed by atoms with van der Waals surface area (Å²) in [5, 5.41) is 7.53. The summed E-state index contributed by atoms with van der Waals surface area (Å²) in [5.74, 6) is 1.60. The van der Waals surface area contributed by atoms with E-state index in [0.717, 1.165) is 44.0 Å². The molecule has 6 nitrogen and oxygen atoms in total. The molecule has 2 aromatic carbocycles. The average molecular weight is 419 g/mol. The zero-order valence-corrected chi connectivity index (χ0v) is 18.5. The van der Waals surface area contributed by atoms with Gasteiger partial charge < -0.3 is 10.1 Å². The van der Waals surface area contributed by atoms with Crippen molar-refractivity contribution in [3.05, 3.63) is 77.0 Å². The molecule has 1 aliphatic rings. The first-order valence-electron chi connectivity index (χ1n) is 10.8. The number of rotatable bonds is 6. The SMILES string of the molecule is COc1ccc(CN2CCC(n3nccc3NC(=O)c3ccccc3)CC2)c(C)c1C. The Bertz CT molecular complexity index is 1040. The van der Waals surface area contributed by atoms with E-state index in [0.29, 0.717) is 5.56 Å². The van der Waals surface area contributed by atoms with Crippen molar-refractivity contribution in [3.8, 4) is 5.75 Å². The minimum atomic E-state index is -0.106. The smallest absolute Gasteiger partial charge is 0.256 e. The van der Waals surface area contributed by atoms with E-state index in [2.05, 4.69) is 41.3 Å². The monoisotopic (exact) mass is 418 g/mol. The van der Waals surface area contributed by atoms with Gasteiger partial charge in [-0.05, 0) is 61.6 Å². The van der Waals surface area contributed by atoms with Crippen LogP contribution in [-0.4, -0.2) is 40.8 Å². The molecule has 3 aromatic rings. The van der Waals surface area contributed by atoms with E-state index < -0.39 is 0 Å². The van der Waals surface area contributed by atoms with Crippen LogP contribution in [-0.2, 0) is 6.54 Å². The Morgan fingerprint density at radius 3 is 2.52 bits per heavy atom. The number of anilines is 1. The van der Waals surface area contributed by atoms with Crippen LogP contribution < -0.4 is 10.1 Å². The van der Waals surface area contributed by atoms with Gasteiger partial charge in [0.25, 0.3) is 5.91 Å². The second-order valence-corrected chi connectivity index (χ2v) is 8.17. The number of carbonyl (C=O) groups is 1. The van der Waals surface area contributed by atoms with Gasteiger partial charge in [-0.15, -0.1) is 0 Å². The lowest BCUT2D eigenvalue weighted by Gasteiger charge is -2.33. The van der Waals surface area contributed by atoms with Gasteiger partial charge in [0.15, 0.2) is 0 Å². The highest BCUT2D eigenvalue weighted by atomic mass is 16.5. The molecule has 0 bridgehead atoms. The van der Waals surface area contributed by atoms with Gasteiger partial charge in [0.1, 0.15) is 11.6 Å². The zero-order chi connectivity index (χ0) is 21.8. The quantitative estimate of drug-likeness (QED) is 0.636. The third-order valence-corrected chi connectivity index (χ3v) is 6.31. The molecule has 1 aromatic heterocycles. The second-order valence-electron chi connectivity index (χ2n) is 8.17. The van der Waals surface area contributed by atoms with Crippen LogP contribution >= 0.6 is 0 Å². The van der Waals surface area contributed by atoms with Crippen LogP contribution in [0, 0.1) is 13.8 Å². The molecule has 2 heterocycles. The molecule has 1 N–H and O–H groups in total. The largest absolute Gasteiger partial charge is 0.496 e. The summed E-state index contributed by atoms with van der Waals surface area (Å²) in [4.78, 5) is 15.0. The van der Waals surface area contributed by atoms with Gasteiger partial charge in [-0.2, -0.15) is 5.10 Å². The van der Waals surface area contributed by atoms with Gasteiger partial charge in [0, 0.05) is 31.3 Å². The molecule has 1 amide bonds. The molecule has 0 saturated carbocycles. The van der Waals surface area contributed by atoms with Crippen LogP contribution in [0.5, 0.6) is 5.75 Å². The molecule has 1 saturated heterocycles. The van der Waals surface area contributed by atoms with Gasteiger partial charge >= 0.3 is 0 Å². The zero-order valence-electron chi connectivity index (χ0n) is 18.5. The Balaban J connectivity index is 1.37. The van der Waals surface area contributed by atoms with E-state index in [-0.39, 0.29) is 11.9 Å². The fraction of sp³-hybridized carbons (Fsp3) is 0.360. The number of amides is 1. The maximum atomic E-state index is 12.5. The lowest BCUT2D eigenvalue weighted by atomic mass is 10.00. The molecule has 4 rings (SSSR count). The van der Waals surface area contributed by atoms with Crippen molar-refractivity contribution < 1.29 is 9.53 Å². The number of nitrogens with zero attached hydrogens (tertiary/aromatic N) is 3. The summed E-state index contributed by atoms with van der Waals surface area (Å²) in [6.45, 7) is 7.24. The van der Waals surface area contributed by atoms with Crippen molar-refractivity contribution in [2.75, 3.05) is 25.5 Å². The maximum Gasteiger partial charge on any atom is 0.256 e. The highest BCUT2D eigenvalue weighted by Gasteiger charge is 2.24. The lowest BCUT2D eigenvalue weighted by molar-refractivity contribution is 0.102. The van der Waals surface area contributed by atoms with E-state index in [1.165, 1.54) is 16.7 Å². The van der Waals surface area contributed by atoms with E-state index in [4.69, 9.17) is 4.74 Å². The first-order chi connectivity index (χ1) is 15.1. The molecule has 1 aliphatic heterocycles. The highest BCUT2D eigenvalue weighted by molar-refractivity contribution is 6.03. The minimum Gasteiger partial charge on any atom is -0.496 e. The molecule has 6 heteroatoms. The molecule has 0 atom stereocenters. The van der Waals surface area contributed by atoms with Crippen molar-refractivity contribution in [1.82, 2.24) is 14.7 Å². The summed E-state index contributed by atoms with van der Waals surface area (Å²) in [6, 6.07) is 15.7. The number of ether oxygens (including phenoxy) is 1. The fourth-order valence-electron chi connectivity index (χ4n) is 4.29. The van der Waals surface area contributed by atoms with Gasteiger partial charge in [0.05, 0.1) is 19.3 Å². The number of carbonyl (C=O) groups excluding carboxylic acids is 1. The first kappa shape index (κ1) is 21.1. The fourth-order valence-corrected chi connectivity index (χ4v) is 4.29. The Morgan fingerprint density at radius 2 is 1.81 bits per heavy atom. The molecule has 0 unspecified atom stereocenters. The van der Waals surface area contributed by atoms with Crippen LogP contribution in [0.15, 0.2) is 54.7 Å². The van der Waals surface area contributed by atoms with E-state index in [9.17, 15) is 4.79 Å². The maximum absolute atomic E-state index is 12.5. The highest BCUT2D eigenvalue weighted by Crippen LogP contribution is 2.29. The standard InChI is InChI=1S/C25H30N4O2/c1-18-19(2)23(31-3)10-9-21(18)17-28-15-12-22(13-16-28)29-24(11-14-26-29)27-25(30)20-7-5-4-6-8-20/h4-11,14,22H,12-13,15-17H2,1-3H3,(H,27,30). The third-order valence-electron chi connectivity index (χ3n) is 6.31. The summed E-state index contributed by atoms with van der Waals surface area (Å²) in [5.41, 5.74) is 4.52. The third kappa shape index (κ3) is 4.64. The van der Waals surface area contributed by atoms with Crippen molar-refractivity contribution in [2.24, 2.45) is 0 Å². The van der Waals surface area contributed by atoms with Gasteiger partial charge in [0.2, 0.25) is 0 Å². The van der Waals surface area contributed by atoms with Gasteiger partial charge in [-0.25, -0.2) is 4.68 Å². The van der Waals surface area contributed by atoms with Gasteiger partial charge in [-0.1, -0.05) is 24.3 Å². The van der Waals surface area contributed by atoms with Crippen molar-refractivity contribution >= 4 is 11.7 Å². The van der Waals surface area contributed by atoms with E-state index in [1.807, 2.05) is 41.1 Å². The summed E-state index contributed by atoms with van der Waals surface area (Å²) in [6.07, 6.45) is 3.77. The Kier molecular flexibility index (Phi) is 6.37. The molecule has 1 fully saturated rings. The topological polar surface area (TPSA) is 59.4 Å². The van der Waals surface area contributed by atoms with Crippen LogP contribution in [0.4, 0.5) is 5.82 Å². The Hall–Kier alpha value is -3.12. The van der Waals surface area contributed by atoms with Crippen molar-refractivity contribution in [1.29, 1.82) is 0 Å². The molecule has 0 aliphatic carbocycles. The minimum absolute atomic E-state index is 0.106. The number of aromatic nitrogens is 2. The van der Waals surface area contributed by atoms with Crippen molar-refractivity contribution in [2.45, 2.75) is 39.3 Å². The predicted octanol–water partition coefficient (Wildman–Crippen LogP) is 4.60. The molecule has 31 heavy (non-hydrogen) atoms. The number of nitrogens with one attached hydrogen (secondary N) is 1. The van der Waals surface area contributed by atoms with Crippen LogP contribution in [0.2, 0.25) is 0 Å². The normalized spacial score (nSPS) is 15.1. The first-order valence-corrected chi connectivity index (χ1v) is 10.8. The number of benzene rings is 2. The Morgan fingerprint density at radius 1 is 1.06 bits per heavy atom. The molecule has 0 spiro atoms. The predicted molar refractivity (Wildman–Crippen MR) is 123 cm³/mol. The van der Waals surface area contributed by atoms with E-state index in [1.54, 1.807) is 13.3 Å². The van der Waals surface area contributed by atoms with Crippen LogP contribution in [0.25, 0.3) is 0 Å². The number of hydrogen-bond donors (Lipinski definition) is 1. The Labute approximate surface area is 183 Å². The number of methoxy groups -OCH3 is 1. The molecule has 0 radical (unpaired) electrons. The van der Waals surface area contributed by atoms with Crippen LogP contribution in [0.1, 0.15) is 45.9 Å². The van der Waals surface area contributed by atoms with Crippen molar-refractivity contribution in [3.63, 3.8) is 0 Å². The number of likely N-dealkylation sites (tertiary alicyclic amines) is 1. The summed E-state index contributed by atoms with van der Waals surface area (Å²) in [7, 11) is 1.72. The average Bonchev–Trinajstić information content (AvgIpc) is 3.26.